The highest BCUT2D eigenvalue weighted by atomic mass is 79.9. The summed E-state index contributed by atoms with van der Waals surface area (Å²) in [5.74, 6) is 1.51. The molecule has 0 fully saturated rings. The van der Waals surface area contributed by atoms with Crippen molar-refractivity contribution in [3.05, 3.63) is 54.1 Å². The highest BCUT2D eigenvalue weighted by Gasteiger charge is 2.33. The van der Waals surface area contributed by atoms with Crippen molar-refractivity contribution < 1.29 is 9.57 Å². The van der Waals surface area contributed by atoms with Gasteiger partial charge in [-0.25, -0.2) is 4.99 Å². The molecule has 7 nitrogen and oxygen atoms in total. The van der Waals surface area contributed by atoms with Crippen LogP contribution in [0.3, 0.4) is 0 Å². The molecule has 1 heterocycles. The van der Waals surface area contributed by atoms with E-state index in [4.69, 9.17) is 21.0 Å². The molecule has 0 aliphatic carbocycles. The third-order valence-electron chi connectivity index (χ3n) is 4.97. The van der Waals surface area contributed by atoms with Crippen LogP contribution in [-0.4, -0.2) is 36.4 Å². The number of rotatable bonds is 7. The van der Waals surface area contributed by atoms with Crippen LogP contribution < -0.4 is 16.2 Å². The maximum Gasteiger partial charge on any atom is 0.226 e. The number of aliphatic imine (C=N–C) groups is 2. The molecular formula is C22H30BrN5O2. The van der Waals surface area contributed by atoms with Gasteiger partial charge in [0.25, 0.3) is 0 Å². The normalized spacial score (nSPS) is 16.2. The van der Waals surface area contributed by atoms with Gasteiger partial charge in [0.2, 0.25) is 11.9 Å². The largest absolute Gasteiger partial charge is 0.496 e. The van der Waals surface area contributed by atoms with Crippen LogP contribution >= 0.6 is 17.0 Å². The van der Waals surface area contributed by atoms with Gasteiger partial charge in [0.15, 0.2) is 5.66 Å². The van der Waals surface area contributed by atoms with Gasteiger partial charge in [0, 0.05) is 5.56 Å². The first-order chi connectivity index (χ1) is 13.8. The Morgan fingerprint density at radius 3 is 2.43 bits per heavy atom. The van der Waals surface area contributed by atoms with Crippen LogP contribution in [0.15, 0.2) is 58.5 Å². The summed E-state index contributed by atoms with van der Waals surface area (Å²) >= 11 is 0. The Hall–Kier alpha value is -2.58. The van der Waals surface area contributed by atoms with E-state index >= 15 is 0 Å². The molecule has 162 valence electrons. The van der Waals surface area contributed by atoms with Gasteiger partial charge >= 0.3 is 0 Å². The van der Waals surface area contributed by atoms with Crippen LogP contribution in [0, 0.1) is 0 Å². The molecule has 0 radical (unpaired) electrons. The summed E-state index contributed by atoms with van der Waals surface area (Å²) in [4.78, 5) is 14.2. The first-order valence-electron chi connectivity index (χ1n) is 9.68. The van der Waals surface area contributed by atoms with Crippen molar-refractivity contribution in [1.82, 2.24) is 5.06 Å². The quantitative estimate of drug-likeness (QED) is 0.629. The Labute approximate surface area is 188 Å². The Morgan fingerprint density at radius 2 is 1.80 bits per heavy atom. The number of methoxy groups -OCH3 is 1. The van der Waals surface area contributed by atoms with Crippen LogP contribution in [0.1, 0.15) is 38.7 Å². The van der Waals surface area contributed by atoms with E-state index in [2.05, 4.69) is 41.2 Å². The lowest BCUT2D eigenvalue weighted by molar-refractivity contribution is -0.158. The van der Waals surface area contributed by atoms with E-state index in [9.17, 15) is 0 Å². The van der Waals surface area contributed by atoms with Crippen molar-refractivity contribution in [1.29, 1.82) is 0 Å². The summed E-state index contributed by atoms with van der Waals surface area (Å²) < 4.78 is 5.56. The molecule has 0 saturated heterocycles. The molecule has 2 aromatic rings. The molecule has 1 aliphatic heterocycles. The minimum atomic E-state index is -0.695. The predicted octanol–water partition coefficient (Wildman–Crippen LogP) is 4.05. The lowest BCUT2D eigenvalue weighted by Gasteiger charge is -2.37. The molecule has 30 heavy (non-hydrogen) atoms. The van der Waals surface area contributed by atoms with Crippen molar-refractivity contribution in [2.24, 2.45) is 21.5 Å². The fraction of sp³-hybridized carbons (Fsp3) is 0.364. The van der Waals surface area contributed by atoms with Crippen LogP contribution in [0.5, 0.6) is 5.75 Å². The Kier molecular flexibility index (Phi) is 7.86. The third-order valence-corrected chi connectivity index (χ3v) is 4.97. The lowest BCUT2D eigenvalue weighted by atomic mass is 9.93. The lowest BCUT2D eigenvalue weighted by Crippen LogP contribution is -2.53. The van der Waals surface area contributed by atoms with E-state index in [1.807, 2.05) is 38.1 Å². The number of guanidine groups is 2. The van der Waals surface area contributed by atoms with Crippen LogP contribution in [0.4, 0.5) is 0 Å². The molecule has 0 aromatic heterocycles. The molecule has 0 amide bonds. The maximum atomic E-state index is 5.97. The summed E-state index contributed by atoms with van der Waals surface area (Å²) in [6.07, 6.45) is 0.805. The summed E-state index contributed by atoms with van der Waals surface area (Å²) in [5.41, 5.74) is 14.4. The fourth-order valence-corrected chi connectivity index (χ4v) is 3.38. The molecule has 8 heteroatoms. The molecule has 0 saturated carbocycles. The van der Waals surface area contributed by atoms with Gasteiger partial charge in [0.05, 0.1) is 13.7 Å². The fourth-order valence-electron chi connectivity index (χ4n) is 3.38. The van der Waals surface area contributed by atoms with E-state index < -0.39 is 5.66 Å². The van der Waals surface area contributed by atoms with Crippen molar-refractivity contribution in [3.63, 3.8) is 0 Å². The molecule has 4 N–H and O–H groups in total. The van der Waals surface area contributed by atoms with Gasteiger partial charge in [-0.1, -0.05) is 43.3 Å². The zero-order valence-electron chi connectivity index (χ0n) is 17.8. The van der Waals surface area contributed by atoms with Crippen LogP contribution in [0.25, 0.3) is 11.1 Å². The van der Waals surface area contributed by atoms with Crippen molar-refractivity contribution in [2.45, 2.75) is 38.8 Å². The third kappa shape index (κ3) is 5.31. The second kappa shape index (κ2) is 9.95. The Bertz CT molecular complexity index is 915. The Balaban J connectivity index is 0.00000320. The predicted molar refractivity (Wildman–Crippen MR) is 127 cm³/mol. The topological polar surface area (TPSA) is 98.5 Å². The van der Waals surface area contributed by atoms with Gasteiger partial charge in [0.1, 0.15) is 5.75 Å². The standard InChI is InChI=1S/C22H29N5O2.BrH/c1-15(12-13-29-27-21(24)25-20(23)26-22(27,2)3)17-10-11-19(28-4)18(14-17)16-8-6-5-7-9-16;/h5-11,14-15H,12-13H2,1-4H3,(H4,23,24,25,26);1H. The monoisotopic (exact) mass is 475 g/mol. The van der Waals surface area contributed by atoms with Gasteiger partial charge < -0.3 is 16.2 Å². The van der Waals surface area contributed by atoms with Crippen molar-refractivity contribution in [2.75, 3.05) is 13.7 Å². The second-order valence-electron chi connectivity index (χ2n) is 7.58. The number of hydrogen-bond acceptors (Lipinski definition) is 7. The van der Waals surface area contributed by atoms with Crippen LogP contribution in [-0.2, 0) is 4.84 Å². The summed E-state index contributed by atoms with van der Waals surface area (Å²) in [5, 5.41) is 1.51. The SMILES string of the molecule is Br.COc1ccc(C(C)CCON2C(N)=NC(N)=NC2(C)C)cc1-c1ccccc1. The zero-order chi connectivity index (χ0) is 21.0. The summed E-state index contributed by atoms with van der Waals surface area (Å²) in [6, 6.07) is 16.5. The molecule has 2 aromatic carbocycles. The minimum Gasteiger partial charge on any atom is -0.496 e. The minimum absolute atomic E-state index is 0. The van der Waals surface area contributed by atoms with E-state index in [-0.39, 0.29) is 34.8 Å². The number of nitrogens with zero attached hydrogens (tertiary/aromatic N) is 3. The molecular weight excluding hydrogens is 446 g/mol. The van der Waals surface area contributed by atoms with Crippen LogP contribution in [0.2, 0.25) is 0 Å². The smallest absolute Gasteiger partial charge is 0.226 e. The van der Waals surface area contributed by atoms with Crippen molar-refractivity contribution >= 4 is 28.9 Å². The second-order valence-corrected chi connectivity index (χ2v) is 7.58. The van der Waals surface area contributed by atoms with Gasteiger partial charge in [-0.3, -0.25) is 4.84 Å². The maximum absolute atomic E-state index is 5.97. The van der Waals surface area contributed by atoms with Gasteiger partial charge in [-0.05, 0) is 49.4 Å². The molecule has 0 spiro atoms. The summed E-state index contributed by atoms with van der Waals surface area (Å²) in [7, 11) is 1.69. The number of benzene rings is 2. The molecule has 1 unspecified atom stereocenters. The highest BCUT2D eigenvalue weighted by molar-refractivity contribution is 8.93. The Morgan fingerprint density at radius 1 is 1.10 bits per heavy atom. The van der Waals surface area contributed by atoms with E-state index in [0.29, 0.717) is 6.61 Å². The first kappa shape index (κ1) is 23.7. The number of hydrogen-bond donors (Lipinski definition) is 2. The number of ether oxygens (including phenoxy) is 1. The first-order valence-corrected chi connectivity index (χ1v) is 9.68. The number of hydroxylamine groups is 2. The number of halogens is 1. The zero-order valence-corrected chi connectivity index (χ0v) is 19.5. The summed E-state index contributed by atoms with van der Waals surface area (Å²) in [6.45, 7) is 6.40. The molecule has 3 rings (SSSR count). The van der Waals surface area contributed by atoms with E-state index in [0.717, 1.165) is 23.3 Å². The average Bonchev–Trinajstić information content (AvgIpc) is 2.69. The molecule has 1 atom stereocenters. The average molecular weight is 476 g/mol. The van der Waals surface area contributed by atoms with Crippen molar-refractivity contribution in [3.8, 4) is 16.9 Å². The van der Waals surface area contributed by atoms with E-state index in [1.54, 1.807) is 7.11 Å². The van der Waals surface area contributed by atoms with E-state index in [1.165, 1.54) is 10.6 Å². The molecule has 1 aliphatic rings. The van der Waals surface area contributed by atoms with Gasteiger partial charge in [-0.2, -0.15) is 10.1 Å². The highest BCUT2D eigenvalue weighted by Crippen LogP contribution is 2.33. The number of nitrogens with two attached hydrogens (primary N) is 2. The van der Waals surface area contributed by atoms with Gasteiger partial charge in [-0.15, -0.1) is 17.0 Å². The molecule has 0 bridgehead atoms.